The zero-order valence-electron chi connectivity index (χ0n) is 12.8. The molecule has 4 nitrogen and oxygen atoms in total. The molecule has 0 radical (unpaired) electrons. The van der Waals surface area contributed by atoms with Crippen molar-refractivity contribution < 1.29 is 22.3 Å². The van der Waals surface area contributed by atoms with E-state index in [0.717, 1.165) is 17.8 Å². The van der Waals surface area contributed by atoms with Crippen LogP contribution in [0.25, 0.3) is 0 Å². The summed E-state index contributed by atoms with van der Waals surface area (Å²) in [4.78, 5) is 9.22. The van der Waals surface area contributed by atoms with Crippen LogP contribution < -0.4 is 4.90 Å². The molecule has 0 aliphatic carbocycles. The zero-order valence-corrected chi connectivity index (χ0v) is 12.8. The Morgan fingerprint density at radius 1 is 1.12 bits per heavy atom. The van der Waals surface area contributed by atoms with Gasteiger partial charge in [-0.2, -0.15) is 13.2 Å². The molecule has 1 fully saturated rings. The Hall–Kier alpha value is -2.22. The number of ether oxygens (including phenoxy) is 1. The van der Waals surface area contributed by atoms with Crippen LogP contribution in [0.2, 0.25) is 0 Å². The third kappa shape index (κ3) is 3.64. The van der Waals surface area contributed by atoms with Crippen molar-refractivity contribution in [3.63, 3.8) is 0 Å². The highest BCUT2D eigenvalue weighted by Crippen LogP contribution is 2.30. The molecule has 1 aliphatic heterocycles. The first kappa shape index (κ1) is 16.6. The van der Waals surface area contributed by atoms with Gasteiger partial charge < -0.3 is 9.64 Å². The Labute approximate surface area is 136 Å². The SMILES string of the molecule is CC1CN(c2nccc(C(F)(F)F)n2)CC(c2ccc(F)cc2)O1. The lowest BCUT2D eigenvalue weighted by Gasteiger charge is -2.37. The van der Waals surface area contributed by atoms with Gasteiger partial charge in [0.2, 0.25) is 5.95 Å². The molecule has 8 heteroatoms. The van der Waals surface area contributed by atoms with E-state index in [1.165, 1.54) is 12.1 Å². The molecule has 2 aromatic rings. The summed E-state index contributed by atoms with van der Waals surface area (Å²) in [5, 5.41) is 0. The van der Waals surface area contributed by atoms with Crippen molar-refractivity contribution in [3.05, 3.63) is 53.6 Å². The lowest BCUT2D eigenvalue weighted by molar-refractivity contribution is -0.141. The van der Waals surface area contributed by atoms with Crippen LogP contribution in [0.5, 0.6) is 0 Å². The fourth-order valence-electron chi connectivity index (χ4n) is 2.63. The summed E-state index contributed by atoms with van der Waals surface area (Å²) in [6, 6.07) is 6.68. The van der Waals surface area contributed by atoms with Gasteiger partial charge in [0.25, 0.3) is 0 Å². The van der Waals surface area contributed by atoms with Crippen molar-refractivity contribution in [2.75, 3.05) is 18.0 Å². The van der Waals surface area contributed by atoms with Crippen molar-refractivity contribution >= 4 is 5.95 Å². The van der Waals surface area contributed by atoms with Crippen LogP contribution in [0, 0.1) is 5.82 Å². The molecule has 3 rings (SSSR count). The van der Waals surface area contributed by atoms with Gasteiger partial charge in [-0.05, 0) is 30.7 Å². The second-order valence-corrected chi connectivity index (χ2v) is 5.63. The molecular formula is C16H15F4N3O. The van der Waals surface area contributed by atoms with Gasteiger partial charge >= 0.3 is 6.18 Å². The van der Waals surface area contributed by atoms with Gasteiger partial charge in [0, 0.05) is 12.7 Å². The molecule has 24 heavy (non-hydrogen) atoms. The molecule has 0 spiro atoms. The van der Waals surface area contributed by atoms with Crippen molar-refractivity contribution in [1.82, 2.24) is 9.97 Å². The van der Waals surface area contributed by atoms with E-state index in [4.69, 9.17) is 4.74 Å². The zero-order chi connectivity index (χ0) is 17.3. The van der Waals surface area contributed by atoms with Gasteiger partial charge in [0.1, 0.15) is 17.6 Å². The third-order valence-corrected chi connectivity index (χ3v) is 3.72. The number of rotatable bonds is 2. The molecule has 2 atom stereocenters. The summed E-state index contributed by atoms with van der Waals surface area (Å²) in [6.07, 6.45) is -4.05. The second-order valence-electron chi connectivity index (χ2n) is 5.63. The smallest absolute Gasteiger partial charge is 0.367 e. The van der Waals surface area contributed by atoms with E-state index in [2.05, 4.69) is 9.97 Å². The minimum absolute atomic E-state index is 0.00656. The van der Waals surface area contributed by atoms with E-state index in [-0.39, 0.29) is 24.4 Å². The number of benzene rings is 1. The van der Waals surface area contributed by atoms with Crippen molar-refractivity contribution in [3.8, 4) is 0 Å². The lowest BCUT2D eigenvalue weighted by atomic mass is 10.1. The van der Waals surface area contributed by atoms with Crippen LogP contribution in [-0.4, -0.2) is 29.2 Å². The quantitative estimate of drug-likeness (QED) is 0.783. The number of halogens is 4. The third-order valence-electron chi connectivity index (χ3n) is 3.72. The summed E-state index contributed by atoms with van der Waals surface area (Å²) < 4.78 is 57.3. The van der Waals surface area contributed by atoms with Crippen LogP contribution in [0.15, 0.2) is 36.5 Å². The van der Waals surface area contributed by atoms with E-state index >= 15 is 0 Å². The standard InChI is InChI=1S/C16H15F4N3O/c1-10-8-23(15-21-7-6-14(22-15)16(18,19)20)9-13(24-10)11-2-4-12(17)5-3-11/h2-7,10,13H,8-9H2,1H3. The van der Waals surface area contributed by atoms with Gasteiger partial charge in [-0.15, -0.1) is 0 Å². The number of nitrogens with zero attached hydrogens (tertiary/aromatic N) is 3. The predicted octanol–water partition coefficient (Wildman–Crippen LogP) is 3.60. The number of aromatic nitrogens is 2. The number of anilines is 1. The first-order valence-corrected chi connectivity index (χ1v) is 7.39. The minimum atomic E-state index is -4.52. The lowest BCUT2D eigenvalue weighted by Crippen LogP contribution is -2.43. The Kier molecular flexibility index (Phi) is 4.40. The van der Waals surface area contributed by atoms with Crippen LogP contribution in [0.4, 0.5) is 23.5 Å². The summed E-state index contributed by atoms with van der Waals surface area (Å²) in [6.45, 7) is 2.48. The Balaban J connectivity index is 1.84. The van der Waals surface area contributed by atoms with Crippen LogP contribution in [-0.2, 0) is 10.9 Å². The Morgan fingerprint density at radius 2 is 1.83 bits per heavy atom. The maximum absolute atomic E-state index is 13.1. The fourth-order valence-corrected chi connectivity index (χ4v) is 2.63. The van der Waals surface area contributed by atoms with Gasteiger partial charge in [-0.3, -0.25) is 0 Å². The van der Waals surface area contributed by atoms with Crippen LogP contribution >= 0.6 is 0 Å². The maximum Gasteiger partial charge on any atom is 0.433 e. The highest BCUT2D eigenvalue weighted by Gasteiger charge is 2.34. The van der Waals surface area contributed by atoms with E-state index in [1.807, 2.05) is 6.92 Å². The normalized spacial score (nSPS) is 21.8. The Morgan fingerprint density at radius 3 is 2.50 bits per heavy atom. The van der Waals surface area contributed by atoms with E-state index in [0.29, 0.717) is 6.54 Å². The molecule has 2 unspecified atom stereocenters. The molecule has 1 aromatic heterocycles. The summed E-state index contributed by atoms with van der Waals surface area (Å²) in [7, 11) is 0. The van der Waals surface area contributed by atoms with E-state index < -0.39 is 18.0 Å². The number of alkyl halides is 3. The molecule has 128 valence electrons. The van der Waals surface area contributed by atoms with Crippen molar-refractivity contribution in [2.45, 2.75) is 25.3 Å². The fraction of sp³-hybridized carbons (Fsp3) is 0.375. The molecule has 0 saturated carbocycles. The molecule has 1 saturated heterocycles. The number of morpholine rings is 1. The Bertz CT molecular complexity index is 705. The van der Waals surface area contributed by atoms with Crippen LogP contribution in [0.1, 0.15) is 24.3 Å². The summed E-state index contributed by atoms with van der Waals surface area (Å²) in [5.74, 6) is -0.354. The molecular weight excluding hydrogens is 326 g/mol. The second kappa shape index (κ2) is 6.35. The highest BCUT2D eigenvalue weighted by atomic mass is 19.4. The van der Waals surface area contributed by atoms with Crippen molar-refractivity contribution in [1.29, 1.82) is 0 Å². The molecule has 0 bridgehead atoms. The molecule has 0 N–H and O–H groups in total. The monoisotopic (exact) mass is 341 g/mol. The van der Waals surface area contributed by atoms with Crippen LogP contribution in [0.3, 0.4) is 0 Å². The largest absolute Gasteiger partial charge is 0.433 e. The van der Waals surface area contributed by atoms with Gasteiger partial charge in [-0.25, -0.2) is 14.4 Å². The average molecular weight is 341 g/mol. The number of hydrogen-bond donors (Lipinski definition) is 0. The minimum Gasteiger partial charge on any atom is -0.367 e. The first-order valence-electron chi connectivity index (χ1n) is 7.39. The van der Waals surface area contributed by atoms with E-state index in [9.17, 15) is 17.6 Å². The van der Waals surface area contributed by atoms with Gasteiger partial charge in [-0.1, -0.05) is 12.1 Å². The maximum atomic E-state index is 13.1. The van der Waals surface area contributed by atoms with Crippen molar-refractivity contribution in [2.24, 2.45) is 0 Å². The average Bonchev–Trinajstić information content (AvgIpc) is 2.54. The number of hydrogen-bond acceptors (Lipinski definition) is 4. The highest BCUT2D eigenvalue weighted by molar-refractivity contribution is 5.34. The summed E-state index contributed by atoms with van der Waals surface area (Å²) in [5.41, 5.74) is -0.232. The molecule has 2 heterocycles. The topological polar surface area (TPSA) is 38.2 Å². The molecule has 0 amide bonds. The molecule has 1 aromatic carbocycles. The van der Waals surface area contributed by atoms with Gasteiger partial charge in [0.05, 0.1) is 12.6 Å². The first-order chi connectivity index (χ1) is 11.3. The van der Waals surface area contributed by atoms with E-state index in [1.54, 1.807) is 17.0 Å². The summed E-state index contributed by atoms with van der Waals surface area (Å²) >= 11 is 0. The van der Waals surface area contributed by atoms with Gasteiger partial charge in [0.15, 0.2) is 0 Å². The molecule has 1 aliphatic rings. The predicted molar refractivity (Wildman–Crippen MR) is 78.9 cm³/mol.